The summed E-state index contributed by atoms with van der Waals surface area (Å²) in [5, 5.41) is 0. The fourth-order valence-corrected chi connectivity index (χ4v) is 3.43. The van der Waals surface area contributed by atoms with Gasteiger partial charge in [-0.15, -0.1) is 0 Å². The summed E-state index contributed by atoms with van der Waals surface area (Å²) in [5.74, 6) is -0.0534. The van der Waals surface area contributed by atoms with E-state index in [2.05, 4.69) is 6.92 Å². The molecule has 1 fully saturated rings. The van der Waals surface area contributed by atoms with Crippen molar-refractivity contribution < 1.29 is 19.1 Å². The summed E-state index contributed by atoms with van der Waals surface area (Å²) in [5.41, 5.74) is 0.816. The number of hydrogen-bond donors (Lipinski definition) is 0. The number of carbonyl (C=O) groups is 2. The zero-order valence-electron chi connectivity index (χ0n) is 16.0. The molecule has 0 aliphatic heterocycles. The van der Waals surface area contributed by atoms with Gasteiger partial charge in [-0.25, -0.2) is 9.59 Å². The Morgan fingerprint density at radius 2 is 1.58 bits per heavy atom. The van der Waals surface area contributed by atoms with Gasteiger partial charge in [-0.1, -0.05) is 64.4 Å². The third-order valence-corrected chi connectivity index (χ3v) is 5.05. The van der Waals surface area contributed by atoms with Crippen molar-refractivity contribution >= 4 is 11.9 Å². The van der Waals surface area contributed by atoms with Crippen LogP contribution in [-0.2, 0) is 9.47 Å². The van der Waals surface area contributed by atoms with E-state index in [0.29, 0.717) is 30.3 Å². The molecule has 1 saturated carbocycles. The summed E-state index contributed by atoms with van der Waals surface area (Å²) >= 11 is 0. The lowest BCUT2D eigenvalue weighted by Gasteiger charge is -2.21. The summed E-state index contributed by atoms with van der Waals surface area (Å²) in [6.45, 7) is 3.02. The Balaban J connectivity index is 1.75. The number of carbonyl (C=O) groups excluding carboxylic acids is 2. The molecule has 0 heterocycles. The molecule has 0 spiro atoms. The molecule has 0 radical (unpaired) electrons. The average Bonchev–Trinajstić information content (AvgIpc) is 2.68. The van der Waals surface area contributed by atoms with Gasteiger partial charge in [0.2, 0.25) is 0 Å². The Hall–Kier alpha value is -1.84. The van der Waals surface area contributed by atoms with Crippen molar-refractivity contribution in [3.8, 4) is 0 Å². The monoisotopic (exact) mass is 360 g/mol. The Labute approximate surface area is 157 Å². The van der Waals surface area contributed by atoms with E-state index in [9.17, 15) is 9.59 Å². The van der Waals surface area contributed by atoms with Crippen molar-refractivity contribution in [1.82, 2.24) is 0 Å². The van der Waals surface area contributed by atoms with E-state index in [1.807, 2.05) is 0 Å². The quantitative estimate of drug-likeness (QED) is 0.405. The minimum absolute atomic E-state index is 0.363. The second-order valence-electron chi connectivity index (χ2n) is 7.21. The van der Waals surface area contributed by atoms with Crippen molar-refractivity contribution in [2.24, 2.45) is 5.92 Å². The zero-order chi connectivity index (χ0) is 18.6. The van der Waals surface area contributed by atoms with Crippen LogP contribution in [0, 0.1) is 5.92 Å². The second-order valence-corrected chi connectivity index (χ2v) is 7.21. The maximum atomic E-state index is 12.2. The normalized spacial score (nSPS) is 14.8. The molecule has 0 saturated heterocycles. The number of hydrogen-bond acceptors (Lipinski definition) is 4. The summed E-state index contributed by atoms with van der Waals surface area (Å²) in [4.78, 5) is 24.3. The summed E-state index contributed by atoms with van der Waals surface area (Å²) < 4.78 is 10.7. The smallest absolute Gasteiger partial charge is 0.338 e. The second kappa shape index (κ2) is 11.7. The lowest BCUT2D eigenvalue weighted by Crippen LogP contribution is -2.13. The van der Waals surface area contributed by atoms with Crippen LogP contribution < -0.4 is 0 Å². The van der Waals surface area contributed by atoms with Crippen LogP contribution in [0.25, 0.3) is 0 Å². The molecule has 1 aliphatic carbocycles. The number of ether oxygens (including phenoxy) is 2. The molecule has 26 heavy (non-hydrogen) atoms. The van der Waals surface area contributed by atoms with Gasteiger partial charge >= 0.3 is 11.9 Å². The Kier molecular flexibility index (Phi) is 9.22. The van der Waals surface area contributed by atoms with Gasteiger partial charge in [0.1, 0.15) is 0 Å². The molecule has 0 amide bonds. The molecule has 0 aromatic heterocycles. The largest absolute Gasteiger partial charge is 0.462 e. The van der Waals surface area contributed by atoms with Crippen LogP contribution in [0.3, 0.4) is 0 Å². The van der Waals surface area contributed by atoms with E-state index in [4.69, 9.17) is 9.47 Å². The first kappa shape index (κ1) is 20.5. The summed E-state index contributed by atoms with van der Waals surface area (Å²) in [6, 6.07) is 6.62. The highest BCUT2D eigenvalue weighted by Crippen LogP contribution is 2.26. The molecule has 2 rings (SSSR count). The maximum Gasteiger partial charge on any atom is 0.338 e. The average molecular weight is 360 g/mol. The van der Waals surface area contributed by atoms with Crippen LogP contribution in [0.4, 0.5) is 0 Å². The first-order valence-corrected chi connectivity index (χ1v) is 10.1. The molecule has 0 atom stereocenters. The molecule has 144 valence electrons. The molecule has 0 unspecified atom stereocenters. The zero-order valence-corrected chi connectivity index (χ0v) is 16.0. The van der Waals surface area contributed by atoms with Crippen LogP contribution in [-0.4, -0.2) is 25.2 Å². The highest BCUT2D eigenvalue weighted by Gasteiger charge is 2.16. The molecular weight excluding hydrogens is 328 g/mol. The van der Waals surface area contributed by atoms with E-state index in [1.54, 1.807) is 24.3 Å². The van der Waals surface area contributed by atoms with Gasteiger partial charge in [0.25, 0.3) is 0 Å². The topological polar surface area (TPSA) is 52.6 Å². The SMILES string of the molecule is CCCCCCOC(=O)c1cccc(C(=O)OCCC2CCCCC2)c1. The van der Waals surface area contributed by atoms with Gasteiger partial charge < -0.3 is 9.47 Å². The number of esters is 2. The highest BCUT2D eigenvalue weighted by molar-refractivity contribution is 5.95. The van der Waals surface area contributed by atoms with Gasteiger partial charge in [0.05, 0.1) is 24.3 Å². The predicted molar refractivity (Wildman–Crippen MR) is 102 cm³/mol. The Morgan fingerprint density at radius 1 is 0.923 bits per heavy atom. The molecule has 4 nitrogen and oxygen atoms in total. The van der Waals surface area contributed by atoms with E-state index >= 15 is 0 Å². The van der Waals surface area contributed by atoms with Crippen molar-refractivity contribution in [3.63, 3.8) is 0 Å². The molecule has 0 bridgehead atoms. The maximum absolute atomic E-state index is 12.2. The lowest BCUT2D eigenvalue weighted by molar-refractivity contribution is 0.0474. The Bertz CT molecular complexity index is 561. The number of benzene rings is 1. The molecule has 0 N–H and O–H groups in total. The van der Waals surface area contributed by atoms with Crippen molar-refractivity contribution in [2.45, 2.75) is 71.1 Å². The molecule has 1 aliphatic rings. The van der Waals surface area contributed by atoms with Crippen LogP contribution in [0.15, 0.2) is 24.3 Å². The lowest BCUT2D eigenvalue weighted by atomic mass is 9.87. The Morgan fingerprint density at radius 3 is 2.23 bits per heavy atom. The summed E-state index contributed by atoms with van der Waals surface area (Å²) in [7, 11) is 0. The third-order valence-electron chi connectivity index (χ3n) is 5.05. The third kappa shape index (κ3) is 7.19. The summed E-state index contributed by atoms with van der Waals surface area (Å²) in [6.07, 6.45) is 11.6. The minimum Gasteiger partial charge on any atom is -0.462 e. The van der Waals surface area contributed by atoms with Crippen molar-refractivity contribution in [3.05, 3.63) is 35.4 Å². The van der Waals surface area contributed by atoms with Crippen molar-refractivity contribution in [2.75, 3.05) is 13.2 Å². The van der Waals surface area contributed by atoms with E-state index in [1.165, 1.54) is 32.1 Å². The van der Waals surface area contributed by atoms with Gasteiger partial charge in [-0.05, 0) is 37.0 Å². The van der Waals surface area contributed by atoms with Crippen LogP contribution >= 0.6 is 0 Å². The number of unbranched alkanes of at least 4 members (excludes halogenated alkanes) is 3. The first-order chi connectivity index (χ1) is 12.7. The first-order valence-electron chi connectivity index (χ1n) is 10.1. The number of rotatable bonds is 10. The van der Waals surface area contributed by atoms with Crippen LogP contribution in [0.1, 0.15) is 91.8 Å². The van der Waals surface area contributed by atoms with Gasteiger partial charge in [-0.3, -0.25) is 0 Å². The fraction of sp³-hybridized carbons (Fsp3) is 0.636. The van der Waals surface area contributed by atoms with E-state index in [0.717, 1.165) is 32.1 Å². The van der Waals surface area contributed by atoms with Gasteiger partial charge in [0, 0.05) is 0 Å². The predicted octanol–water partition coefficient (Wildman–Crippen LogP) is 5.55. The minimum atomic E-state index is -0.377. The van der Waals surface area contributed by atoms with Gasteiger partial charge in [-0.2, -0.15) is 0 Å². The molecule has 1 aromatic carbocycles. The molecule has 4 heteroatoms. The van der Waals surface area contributed by atoms with Crippen LogP contribution in [0.2, 0.25) is 0 Å². The van der Waals surface area contributed by atoms with E-state index in [-0.39, 0.29) is 11.9 Å². The molecule has 1 aromatic rings. The van der Waals surface area contributed by atoms with Crippen molar-refractivity contribution in [1.29, 1.82) is 0 Å². The van der Waals surface area contributed by atoms with E-state index < -0.39 is 0 Å². The molecular formula is C22H32O4. The van der Waals surface area contributed by atoms with Gasteiger partial charge in [0.15, 0.2) is 0 Å². The van der Waals surface area contributed by atoms with Crippen LogP contribution in [0.5, 0.6) is 0 Å². The highest BCUT2D eigenvalue weighted by atomic mass is 16.5. The fourth-order valence-electron chi connectivity index (χ4n) is 3.43. The standard InChI is InChI=1S/C22H32O4/c1-2-3-4-8-15-25-21(23)19-12-9-13-20(17-19)22(24)26-16-14-18-10-6-5-7-11-18/h9,12-13,17-18H,2-8,10-11,14-16H2,1H3.